The molecule has 1 nitrogen and oxygen atoms in total. The summed E-state index contributed by atoms with van der Waals surface area (Å²) in [6, 6.07) is 0. The van der Waals surface area contributed by atoms with Gasteiger partial charge in [0.25, 0.3) is 0 Å². The first-order valence-electron chi connectivity index (χ1n) is 7.52. The Morgan fingerprint density at radius 1 is 0.789 bits per heavy atom. The van der Waals surface area contributed by atoms with Crippen LogP contribution in [0.5, 0.6) is 0 Å². The summed E-state index contributed by atoms with van der Waals surface area (Å²) < 4.78 is 0. The van der Waals surface area contributed by atoms with E-state index in [0.29, 0.717) is 0 Å². The van der Waals surface area contributed by atoms with Gasteiger partial charge in [-0.3, -0.25) is 0 Å². The fraction of sp³-hybridized carbons (Fsp3) is 0.444. The number of hydrogen-bond acceptors (Lipinski definition) is 1. The lowest BCUT2D eigenvalue weighted by Crippen LogP contribution is -2.15. The average molecular weight is 259 g/mol. The highest BCUT2D eigenvalue weighted by Crippen LogP contribution is 2.19. The topological polar surface area (TPSA) is 3.24 Å². The van der Waals surface area contributed by atoms with Gasteiger partial charge in [0, 0.05) is 18.4 Å². The van der Waals surface area contributed by atoms with E-state index >= 15 is 0 Å². The molecule has 0 bridgehead atoms. The van der Waals surface area contributed by atoms with Gasteiger partial charge in [0.2, 0.25) is 0 Å². The van der Waals surface area contributed by atoms with Crippen LogP contribution >= 0.6 is 0 Å². The van der Waals surface area contributed by atoms with Crippen molar-refractivity contribution in [3.05, 3.63) is 60.0 Å². The van der Waals surface area contributed by atoms with Gasteiger partial charge in [-0.15, -0.1) is 0 Å². The molecule has 0 atom stereocenters. The molecule has 1 heteroatoms. The number of rotatable bonds is 2. The Morgan fingerprint density at radius 3 is 2.11 bits per heavy atom. The highest BCUT2D eigenvalue weighted by Gasteiger charge is 2.06. The second-order valence-electron chi connectivity index (χ2n) is 3.82. The summed E-state index contributed by atoms with van der Waals surface area (Å²) in [7, 11) is 2.13. The summed E-state index contributed by atoms with van der Waals surface area (Å²) in [5, 5.41) is 0. The number of likely N-dealkylation sites (N-methyl/N-ethyl adjacent to an activating group) is 1. The molecular weight excluding hydrogens is 230 g/mol. The first kappa shape index (κ1) is 17.5. The Bertz CT molecular complexity index is 367. The molecule has 0 amide bonds. The van der Waals surface area contributed by atoms with Crippen molar-refractivity contribution in [1.82, 2.24) is 4.90 Å². The first-order valence-corrected chi connectivity index (χ1v) is 7.52. The predicted molar refractivity (Wildman–Crippen MR) is 87.9 cm³/mol. The summed E-state index contributed by atoms with van der Waals surface area (Å²) in [4.78, 5) is 2.25. The zero-order valence-electron chi connectivity index (χ0n) is 13.2. The summed E-state index contributed by atoms with van der Waals surface area (Å²) >= 11 is 0. The highest BCUT2D eigenvalue weighted by molar-refractivity contribution is 5.32. The molecule has 0 aliphatic heterocycles. The van der Waals surface area contributed by atoms with Gasteiger partial charge in [-0.2, -0.15) is 0 Å². The molecule has 0 N–H and O–H groups in total. The lowest BCUT2D eigenvalue weighted by atomic mass is 10.1. The van der Waals surface area contributed by atoms with E-state index in [0.717, 1.165) is 12.8 Å². The minimum Gasteiger partial charge on any atom is -0.345 e. The third-order valence-corrected chi connectivity index (χ3v) is 2.73. The molecule has 0 unspecified atom stereocenters. The molecule has 0 fully saturated rings. The third-order valence-electron chi connectivity index (χ3n) is 2.73. The molecule has 0 saturated carbocycles. The largest absolute Gasteiger partial charge is 0.345 e. The fourth-order valence-corrected chi connectivity index (χ4v) is 1.81. The standard InChI is InChI=1S/C14H17N.2C2H6/c1-15(14-11-7-4-8-12-14)13-9-5-2-3-6-10-13;2*1-2/h2-3,5,7,9-12H,4,6,8H2,1H3;2*1-2H3. The van der Waals surface area contributed by atoms with Crippen molar-refractivity contribution in [2.45, 2.75) is 47.0 Å². The molecule has 0 aromatic carbocycles. The van der Waals surface area contributed by atoms with E-state index in [2.05, 4.69) is 60.6 Å². The monoisotopic (exact) mass is 259 g/mol. The van der Waals surface area contributed by atoms with Crippen LogP contribution in [-0.4, -0.2) is 11.9 Å². The van der Waals surface area contributed by atoms with Gasteiger partial charge in [-0.25, -0.2) is 0 Å². The number of allylic oxidation sites excluding steroid dienone is 8. The van der Waals surface area contributed by atoms with E-state index in [1.54, 1.807) is 0 Å². The predicted octanol–water partition coefficient (Wildman–Crippen LogP) is 5.60. The minimum absolute atomic E-state index is 1.02. The van der Waals surface area contributed by atoms with Crippen molar-refractivity contribution in [2.24, 2.45) is 0 Å². The molecule has 0 spiro atoms. The van der Waals surface area contributed by atoms with E-state index in [9.17, 15) is 0 Å². The second-order valence-corrected chi connectivity index (χ2v) is 3.82. The van der Waals surface area contributed by atoms with Gasteiger partial charge in [0.05, 0.1) is 0 Å². The molecule has 0 aromatic heterocycles. The molecule has 2 aliphatic rings. The lowest BCUT2D eigenvalue weighted by Gasteiger charge is -2.23. The van der Waals surface area contributed by atoms with Crippen LogP contribution in [0.2, 0.25) is 0 Å². The Hall–Kier alpha value is -1.50. The molecule has 106 valence electrons. The average Bonchev–Trinajstić information content (AvgIpc) is 2.80. The van der Waals surface area contributed by atoms with E-state index in [-0.39, 0.29) is 0 Å². The molecule has 19 heavy (non-hydrogen) atoms. The Balaban J connectivity index is 0.000000741. The van der Waals surface area contributed by atoms with Gasteiger partial charge in [0.15, 0.2) is 0 Å². The van der Waals surface area contributed by atoms with Crippen LogP contribution in [0, 0.1) is 0 Å². The van der Waals surface area contributed by atoms with E-state index < -0.39 is 0 Å². The molecule has 2 aliphatic carbocycles. The van der Waals surface area contributed by atoms with Crippen molar-refractivity contribution >= 4 is 0 Å². The normalized spacial score (nSPS) is 16.1. The van der Waals surface area contributed by atoms with Crippen molar-refractivity contribution in [2.75, 3.05) is 7.05 Å². The van der Waals surface area contributed by atoms with Crippen molar-refractivity contribution in [1.29, 1.82) is 0 Å². The molecular formula is C18H29N. The van der Waals surface area contributed by atoms with Crippen LogP contribution < -0.4 is 0 Å². The molecule has 0 aromatic rings. The van der Waals surface area contributed by atoms with Crippen molar-refractivity contribution in [3.8, 4) is 0 Å². The van der Waals surface area contributed by atoms with Crippen LogP contribution in [0.4, 0.5) is 0 Å². The third kappa shape index (κ3) is 6.28. The van der Waals surface area contributed by atoms with Gasteiger partial charge < -0.3 is 4.90 Å². The van der Waals surface area contributed by atoms with E-state index in [1.165, 1.54) is 17.8 Å². The van der Waals surface area contributed by atoms with Crippen LogP contribution in [-0.2, 0) is 0 Å². The number of nitrogens with zero attached hydrogens (tertiary/aromatic N) is 1. The van der Waals surface area contributed by atoms with Crippen molar-refractivity contribution in [3.63, 3.8) is 0 Å². The molecule has 0 saturated heterocycles. The van der Waals surface area contributed by atoms with E-state index in [1.807, 2.05) is 27.7 Å². The quantitative estimate of drug-likeness (QED) is 0.623. The smallest absolute Gasteiger partial charge is 0.0370 e. The maximum atomic E-state index is 2.30. The summed E-state index contributed by atoms with van der Waals surface area (Å²) in [5.74, 6) is 0. The zero-order valence-corrected chi connectivity index (χ0v) is 13.2. The maximum absolute atomic E-state index is 2.30. The molecule has 0 heterocycles. The fourth-order valence-electron chi connectivity index (χ4n) is 1.81. The Morgan fingerprint density at radius 2 is 1.47 bits per heavy atom. The lowest BCUT2D eigenvalue weighted by molar-refractivity contribution is 0.545. The molecule has 2 rings (SSSR count). The van der Waals surface area contributed by atoms with Crippen LogP contribution in [0.15, 0.2) is 60.0 Å². The summed E-state index contributed by atoms with van der Waals surface area (Å²) in [6.07, 6.45) is 20.9. The van der Waals surface area contributed by atoms with Crippen LogP contribution in [0.3, 0.4) is 0 Å². The van der Waals surface area contributed by atoms with Crippen LogP contribution in [0.1, 0.15) is 47.0 Å². The first-order chi connectivity index (χ1) is 9.38. The van der Waals surface area contributed by atoms with Gasteiger partial charge in [-0.05, 0) is 31.4 Å². The van der Waals surface area contributed by atoms with E-state index in [4.69, 9.17) is 0 Å². The SMILES string of the molecule is CC.CC.CN(C1=CCC=CC=C1)C1=CCCC=C1. The Kier molecular flexibility index (Phi) is 10.7. The Labute approximate surface area is 119 Å². The minimum atomic E-state index is 1.02. The van der Waals surface area contributed by atoms with Gasteiger partial charge in [0.1, 0.15) is 0 Å². The van der Waals surface area contributed by atoms with Crippen LogP contribution in [0.25, 0.3) is 0 Å². The zero-order chi connectivity index (χ0) is 14.5. The van der Waals surface area contributed by atoms with Crippen molar-refractivity contribution < 1.29 is 0 Å². The maximum Gasteiger partial charge on any atom is 0.0370 e. The van der Waals surface area contributed by atoms with Gasteiger partial charge in [-0.1, -0.05) is 64.2 Å². The molecule has 0 radical (unpaired) electrons. The highest BCUT2D eigenvalue weighted by atomic mass is 15.1. The second kappa shape index (κ2) is 11.6. The number of hydrogen-bond donors (Lipinski definition) is 0. The summed E-state index contributed by atoms with van der Waals surface area (Å²) in [5.41, 5.74) is 2.58. The summed E-state index contributed by atoms with van der Waals surface area (Å²) in [6.45, 7) is 8.00. The van der Waals surface area contributed by atoms with Gasteiger partial charge >= 0.3 is 0 Å².